The van der Waals surface area contributed by atoms with Crippen molar-refractivity contribution in [2.24, 2.45) is 0 Å². The van der Waals surface area contributed by atoms with Gasteiger partial charge in [-0.05, 0) is 151 Å². The van der Waals surface area contributed by atoms with Crippen LogP contribution in [0.15, 0.2) is 94.9 Å². The maximum Gasteiger partial charge on any atom is 1.00 e. The summed E-state index contributed by atoms with van der Waals surface area (Å²) in [5.41, 5.74) is 11.2. The third kappa shape index (κ3) is 19.1. The maximum atomic E-state index is 11.1. The Hall–Kier alpha value is -4.64. The van der Waals surface area contributed by atoms with Gasteiger partial charge in [-0.3, -0.25) is 29.1 Å². The number of nitrogens with zero attached hydrogens (tertiary/aromatic N) is 12. The molecule has 4 aromatic carbocycles. The van der Waals surface area contributed by atoms with Crippen LogP contribution in [0.25, 0.3) is 23.1 Å². The van der Waals surface area contributed by atoms with Gasteiger partial charge >= 0.3 is 58.9 Å². The van der Waals surface area contributed by atoms with E-state index in [9.17, 15) is 22.5 Å². The molecule has 14 nitrogen and oxygen atoms in total. The summed E-state index contributed by atoms with van der Waals surface area (Å²) in [7, 11) is -3.67. The zero-order valence-electron chi connectivity index (χ0n) is 42.1. The van der Waals surface area contributed by atoms with Crippen molar-refractivity contribution < 1.29 is 73.9 Å². The Morgan fingerprint density at radius 2 is 0.887 bits per heavy atom. The summed E-state index contributed by atoms with van der Waals surface area (Å²) in [6.07, 6.45) is 10.5. The van der Waals surface area contributed by atoms with Gasteiger partial charge in [-0.15, -0.1) is 15.3 Å². The van der Waals surface area contributed by atoms with Crippen molar-refractivity contribution in [2.45, 2.75) is 113 Å². The second kappa shape index (κ2) is 35.5. The number of hydrogen-bond donors (Lipinski definition) is 0. The number of benzene rings is 4. The first-order valence-corrected chi connectivity index (χ1v) is 24.8. The third-order valence-corrected chi connectivity index (χ3v) is 11.0. The number of ketones is 1. The van der Waals surface area contributed by atoms with E-state index in [1.165, 1.54) is 22.3 Å². The van der Waals surface area contributed by atoms with E-state index < -0.39 is 7.54 Å². The summed E-state index contributed by atoms with van der Waals surface area (Å²) in [5.74, 6) is 3.12. The molecule has 7 aromatic rings. The van der Waals surface area contributed by atoms with Crippen LogP contribution in [0, 0.1) is 6.58 Å². The fraction of sp³-hybridized carbons (Fsp3) is 0.340. The Morgan fingerprint density at radius 1 is 0.535 bits per heavy atom. The minimum Gasteiger partial charge on any atom is -0.521 e. The first kappa shape index (κ1) is 64.4. The van der Waals surface area contributed by atoms with E-state index in [4.69, 9.17) is 0 Å². The number of tetrazole rings is 3. The summed E-state index contributed by atoms with van der Waals surface area (Å²) in [6.45, 7) is 26.8. The van der Waals surface area contributed by atoms with Crippen molar-refractivity contribution in [3.05, 3.63) is 158 Å². The van der Waals surface area contributed by atoms with Crippen LogP contribution in [-0.4, -0.2) is 80.2 Å². The summed E-state index contributed by atoms with van der Waals surface area (Å²) in [6, 6.07) is 24.1. The predicted octanol–water partition coefficient (Wildman–Crippen LogP) is 8.60. The molecule has 1 aliphatic carbocycles. The van der Waals surface area contributed by atoms with Crippen LogP contribution >= 0.6 is 31.9 Å². The Balaban J connectivity index is 0.000000435. The van der Waals surface area contributed by atoms with E-state index in [1.807, 2.05) is 119 Å². The van der Waals surface area contributed by atoms with E-state index >= 15 is 0 Å². The predicted molar refractivity (Wildman–Crippen MR) is 278 cm³/mol. The summed E-state index contributed by atoms with van der Waals surface area (Å²) >= 11 is 6.88. The Bertz CT molecular complexity index is 2600. The molecule has 4 aliphatic rings. The number of halogens is 5. The molecule has 6 heterocycles. The molecule has 0 bridgehead atoms. The second-order valence-electron chi connectivity index (χ2n) is 13.8. The van der Waals surface area contributed by atoms with E-state index in [-0.39, 0.29) is 51.4 Å². The second-order valence-corrected chi connectivity index (χ2v) is 15.6. The summed E-state index contributed by atoms with van der Waals surface area (Å²) in [5, 5.41) is 34.8. The molecule has 11 rings (SSSR count). The molecule has 0 spiro atoms. The Kier molecular flexibility index (Phi) is 32.2. The number of carbonyl (C=O) groups excluding carboxylic acids is 2. The van der Waals surface area contributed by atoms with Crippen molar-refractivity contribution in [3.8, 4) is 17.1 Å². The zero-order chi connectivity index (χ0) is 52.2. The number of hydrogen-bond acceptors (Lipinski definition) is 11. The largest absolute Gasteiger partial charge is 1.00 e. The summed E-state index contributed by atoms with van der Waals surface area (Å²) < 4.78 is 36.6. The van der Waals surface area contributed by atoms with Crippen LogP contribution in [0.5, 0.6) is 0 Å². The fourth-order valence-electron chi connectivity index (χ4n) is 7.15. The standard InChI is InChI=1S/C11H10N4.C10H9BrO.C10H8N4O.C9H7BrN4.4C2H6.C2H3.BF3.K/c1-2-8-3-5-10-9(7-8)4-6-11-12-13-14-15(10)11;11-9-3-1-8-6-10(12)4-2-7(8)5-9;15-6-7-1-3-9-8(5-7)2-4-10-11-12-13-14(9)10;10-7-2-3-8-6(5-7)1-4-9-11-12-13-14(8)9;5*1-2;2-1(3)4;/h2-3,5,7H,1,4,6H2;1,3,5H,2,4,6H2;1,3,5-6H,2,4H2;2-3,5H,1,4H2;4*1-2H3;1H,2H2;;/q;;;;;;;;-1;;+1. The number of aryl methyl sites for hydroxylation is 7. The number of carbonyl (C=O) groups is 2. The number of aldehydes is 1. The van der Waals surface area contributed by atoms with Crippen LogP contribution in [0.2, 0.25) is 0 Å². The quantitative estimate of drug-likeness (QED) is 0.0925. The van der Waals surface area contributed by atoms with Crippen molar-refractivity contribution >= 4 is 57.5 Å². The third-order valence-electron chi connectivity index (χ3n) is 9.99. The van der Waals surface area contributed by atoms with Crippen molar-refractivity contribution in [2.75, 3.05) is 0 Å². The molecule has 3 aromatic heterocycles. The first-order valence-electron chi connectivity index (χ1n) is 23.2. The number of fused-ring (bicyclic) bond motifs is 10. The molecule has 0 fully saturated rings. The Labute approximate surface area is 475 Å². The normalized spacial score (nSPS) is 11.6. The van der Waals surface area contributed by atoms with Crippen LogP contribution in [0.3, 0.4) is 0 Å². The topological polar surface area (TPSA) is 165 Å². The molecule has 21 heteroatoms. The molecule has 71 heavy (non-hydrogen) atoms. The smallest absolute Gasteiger partial charge is 0.521 e. The molecule has 0 saturated carbocycles. The molecule has 0 radical (unpaired) electrons. The molecule has 0 unspecified atom stereocenters. The van der Waals surface area contributed by atoms with E-state index in [2.05, 4.69) is 116 Å². The van der Waals surface area contributed by atoms with Gasteiger partial charge in [-0.2, -0.15) is 14.0 Å². The molecule has 0 N–H and O–H groups in total. The number of aromatic nitrogens is 12. The average Bonchev–Trinajstić information content (AvgIpc) is 4.22. The molecule has 0 saturated heterocycles. The molecular weight excluding hydrogens is 1070 g/mol. The van der Waals surface area contributed by atoms with Gasteiger partial charge in [0.1, 0.15) is 12.1 Å². The van der Waals surface area contributed by atoms with Crippen molar-refractivity contribution in [1.82, 2.24) is 60.6 Å². The summed E-state index contributed by atoms with van der Waals surface area (Å²) in [4.78, 5) is 21.7. The molecular formula is C50H61BBr2F3KN12O2. The van der Waals surface area contributed by atoms with E-state index in [0.29, 0.717) is 24.2 Å². The molecule has 0 amide bonds. The van der Waals surface area contributed by atoms with Crippen LogP contribution in [-0.2, 0) is 56.2 Å². The van der Waals surface area contributed by atoms with E-state index in [0.717, 1.165) is 106 Å². The van der Waals surface area contributed by atoms with E-state index in [1.54, 1.807) is 10.7 Å². The van der Waals surface area contributed by atoms with Gasteiger partial charge in [0.05, 0.1) is 17.1 Å². The minimum atomic E-state index is -3.67. The SMILES string of the molecule is Brc1ccc2c(c1)CCc1nnnn1-2.C=Cc1ccc2c(c1)CCc1nnnn1-2.CC.CC.CC.CC.FB(F)F.O=C1CCc2cc(Br)ccc2C1.O=Cc1ccc2c(c1)CCc1nnnn1-2.[CH-]=C.[K+]. The monoisotopic (exact) mass is 1130 g/mol. The average molecular weight is 1130 g/mol. The van der Waals surface area contributed by atoms with Crippen molar-refractivity contribution in [3.63, 3.8) is 0 Å². The zero-order valence-corrected chi connectivity index (χ0v) is 48.4. The molecule has 0 atom stereocenters. The van der Waals surface area contributed by atoms with Gasteiger partial charge in [-0.25, -0.2) is 0 Å². The molecule has 3 aliphatic heterocycles. The van der Waals surface area contributed by atoms with Gasteiger partial charge in [-0.1, -0.05) is 112 Å². The first-order chi connectivity index (χ1) is 34.1. The maximum absolute atomic E-state index is 11.1. The van der Waals surface area contributed by atoms with Gasteiger partial charge in [0.2, 0.25) is 0 Å². The van der Waals surface area contributed by atoms with Crippen LogP contribution in [0.1, 0.15) is 123 Å². The Morgan fingerprint density at radius 3 is 1.31 bits per heavy atom. The number of rotatable bonds is 2. The van der Waals surface area contributed by atoms with Gasteiger partial charge in [0.25, 0.3) is 0 Å². The fourth-order valence-corrected chi connectivity index (χ4v) is 7.96. The number of Topliss-reactive ketones (excluding diaryl/α,β-unsaturated/α-hetero) is 1. The van der Waals surface area contributed by atoms with Crippen molar-refractivity contribution in [1.29, 1.82) is 0 Å². The van der Waals surface area contributed by atoms with Gasteiger partial charge in [0, 0.05) is 46.6 Å². The molecule has 372 valence electrons. The minimum absolute atomic E-state index is 0. The van der Waals surface area contributed by atoms with Crippen LogP contribution in [0.4, 0.5) is 12.9 Å². The van der Waals surface area contributed by atoms with Gasteiger partial charge < -0.3 is 6.58 Å². The van der Waals surface area contributed by atoms with Gasteiger partial charge in [0.15, 0.2) is 17.5 Å². The van der Waals surface area contributed by atoms with Crippen LogP contribution < -0.4 is 51.4 Å².